The van der Waals surface area contributed by atoms with Gasteiger partial charge in [0.2, 0.25) is 0 Å². The molecule has 1 heterocycles. The van der Waals surface area contributed by atoms with E-state index in [-0.39, 0.29) is 0 Å². The molecular weight excluding hydrogens is 304 g/mol. The molecule has 1 fully saturated rings. The van der Waals surface area contributed by atoms with Crippen molar-refractivity contribution in [1.82, 2.24) is 4.90 Å². The van der Waals surface area contributed by atoms with Crippen molar-refractivity contribution in [1.29, 1.82) is 0 Å². The normalized spacial score (nSPS) is 21.8. The first-order chi connectivity index (χ1) is 9.15. The third kappa shape index (κ3) is 3.57. The number of ether oxygens (including phenoxy) is 1. The van der Waals surface area contributed by atoms with E-state index < -0.39 is 0 Å². The van der Waals surface area contributed by atoms with E-state index in [1.54, 1.807) is 7.11 Å². The van der Waals surface area contributed by atoms with E-state index in [1.807, 2.05) is 0 Å². The molecule has 1 saturated heterocycles. The second-order valence-electron chi connectivity index (χ2n) is 5.37. The van der Waals surface area contributed by atoms with Crippen LogP contribution in [0.15, 0.2) is 22.7 Å². The summed E-state index contributed by atoms with van der Waals surface area (Å²) in [4.78, 5) is 2.49. The summed E-state index contributed by atoms with van der Waals surface area (Å²) in [5, 5.41) is 0. The summed E-state index contributed by atoms with van der Waals surface area (Å²) in [7, 11) is 1.78. The van der Waals surface area contributed by atoms with Crippen molar-refractivity contribution < 1.29 is 4.74 Å². The molecule has 3 nitrogen and oxygen atoms in total. The van der Waals surface area contributed by atoms with Gasteiger partial charge in [0.05, 0.1) is 6.61 Å². The van der Waals surface area contributed by atoms with Crippen LogP contribution in [-0.4, -0.2) is 38.3 Å². The van der Waals surface area contributed by atoms with Crippen molar-refractivity contribution in [2.75, 3.05) is 33.4 Å². The van der Waals surface area contributed by atoms with E-state index in [1.165, 1.54) is 17.5 Å². The van der Waals surface area contributed by atoms with Gasteiger partial charge in [-0.2, -0.15) is 0 Å². The van der Waals surface area contributed by atoms with Crippen molar-refractivity contribution in [3.63, 3.8) is 0 Å². The summed E-state index contributed by atoms with van der Waals surface area (Å²) >= 11 is 3.55. The second-order valence-corrected chi connectivity index (χ2v) is 6.22. The zero-order chi connectivity index (χ0) is 13.8. The Kier molecular flexibility index (Phi) is 5.39. The maximum atomic E-state index is 6.01. The molecule has 0 aliphatic carbocycles. The Morgan fingerprint density at radius 2 is 2.32 bits per heavy atom. The molecule has 1 aliphatic heterocycles. The number of nitrogens with two attached hydrogens (primary N) is 1. The molecule has 0 aromatic heterocycles. The van der Waals surface area contributed by atoms with Gasteiger partial charge in [-0.25, -0.2) is 0 Å². The lowest BCUT2D eigenvalue weighted by Gasteiger charge is -2.27. The van der Waals surface area contributed by atoms with Crippen molar-refractivity contribution >= 4 is 15.9 Å². The highest BCUT2D eigenvalue weighted by Crippen LogP contribution is 2.29. The molecule has 0 bridgehead atoms. The number of hydrogen-bond donors (Lipinski definition) is 1. The smallest absolute Gasteiger partial charge is 0.0503 e. The molecular formula is C15H23BrN2O. The number of methoxy groups -OCH3 is 1. The van der Waals surface area contributed by atoms with E-state index in [0.717, 1.165) is 24.2 Å². The molecule has 1 aromatic carbocycles. The van der Waals surface area contributed by atoms with Crippen LogP contribution in [-0.2, 0) is 4.74 Å². The minimum absolute atomic E-state index is 0.327. The second kappa shape index (κ2) is 6.84. The molecule has 106 valence electrons. The average molecular weight is 327 g/mol. The van der Waals surface area contributed by atoms with Crippen LogP contribution in [0.2, 0.25) is 0 Å². The Balaban J connectivity index is 2.09. The average Bonchev–Trinajstić information content (AvgIpc) is 2.83. The Labute approximate surface area is 124 Å². The summed E-state index contributed by atoms with van der Waals surface area (Å²) in [6, 6.07) is 6.87. The van der Waals surface area contributed by atoms with E-state index in [2.05, 4.69) is 46.0 Å². The van der Waals surface area contributed by atoms with Crippen LogP contribution in [0.25, 0.3) is 0 Å². The third-order valence-electron chi connectivity index (χ3n) is 3.95. The largest absolute Gasteiger partial charge is 0.384 e. The van der Waals surface area contributed by atoms with Crippen LogP contribution < -0.4 is 5.73 Å². The number of aryl methyl sites for hydroxylation is 1. The molecule has 19 heavy (non-hydrogen) atoms. The van der Waals surface area contributed by atoms with Gasteiger partial charge in [0.15, 0.2) is 0 Å². The quantitative estimate of drug-likeness (QED) is 0.904. The van der Waals surface area contributed by atoms with Gasteiger partial charge in [-0.3, -0.25) is 4.90 Å². The predicted molar refractivity (Wildman–Crippen MR) is 82.2 cm³/mol. The SMILES string of the molecule is COCC1CCN(C(CN)c2ccc(Br)c(C)c2)C1. The standard InChI is InChI=1S/C15H23BrN2O/c1-11-7-13(3-4-14(11)16)15(8-17)18-6-5-12(9-18)10-19-2/h3-4,7,12,15H,5-6,8-10,17H2,1-2H3. The summed E-state index contributed by atoms with van der Waals surface area (Å²) in [6.07, 6.45) is 1.21. The molecule has 0 spiro atoms. The Morgan fingerprint density at radius 1 is 1.53 bits per heavy atom. The summed E-state index contributed by atoms with van der Waals surface area (Å²) < 4.78 is 6.42. The van der Waals surface area contributed by atoms with Crippen molar-refractivity contribution in [2.45, 2.75) is 19.4 Å². The van der Waals surface area contributed by atoms with Crippen LogP contribution in [0.1, 0.15) is 23.6 Å². The van der Waals surface area contributed by atoms with Gasteiger partial charge >= 0.3 is 0 Å². The molecule has 2 N–H and O–H groups in total. The number of hydrogen-bond acceptors (Lipinski definition) is 3. The number of benzene rings is 1. The van der Waals surface area contributed by atoms with Crippen LogP contribution in [0.3, 0.4) is 0 Å². The van der Waals surface area contributed by atoms with Gasteiger partial charge in [0, 0.05) is 30.7 Å². The van der Waals surface area contributed by atoms with E-state index in [4.69, 9.17) is 10.5 Å². The van der Waals surface area contributed by atoms with Crippen molar-refractivity contribution in [2.24, 2.45) is 11.7 Å². The number of rotatable bonds is 5. The fourth-order valence-electron chi connectivity index (χ4n) is 2.89. The van der Waals surface area contributed by atoms with Crippen LogP contribution in [0.4, 0.5) is 0 Å². The fourth-order valence-corrected chi connectivity index (χ4v) is 3.14. The van der Waals surface area contributed by atoms with Gasteiger partial charge in [-0.15, -0.1) is 0 Å². The van der Waals surface area contributed by atoms with Gasteiger partial charge in [-0.1, -0.05) is 28.1 Å². The Bertz CT molecular complexity index is 425. The lowest BCUT2D eigenvalue weighted by Crippen LogP contribution is -2.32. The third-order valence-corrected chi connectivity index (χ3v) is 4.84. The maximum absolute atomic E-state index is 6.01. The highest BCUT2D eigenvalue weighted by Gasteiger charge is 2.28. The predicted octanol–water partition coefficient (Wildman–Crippen LogP) is 2.73. The summed E-state index contributed by atoms with van der Waals surface area (Å²) in [6.45, 7) is 5.85. The number of likely N-dealkylation sites (tertiary alicyclic amines) is 1. The molecule has 2 unspecified atom stereocenters. The topological polar surface area (TPSA) is 38.5 Å². The minimum atomic E-state index is 0.327. The van der Waals surface area contributed by atoms with Crippen LogP contribution in [0.5, 0.6) is 0 Å². The van der Waals surface area contributed by atoms with E-state index in [9.17, 15) is 0 Å². The Hall–Kier alpha value is -0.420. The molecule has 1 aromatic rings. The van der Waals surface area contributed by atoms with E-state index >= 15 is 0 Å². The molecule has 1 aliphatic rings. The first kappa shape index (κ1) is 15.0. The van der Waals surface area contributed by atoms with Gasteiger partial charge < -0.3 is 10.5 Å². The lowest BCUT2D eigenvalue weighted by molar-refractivity contribution is 0.147. The zero-order valence-corrected chi connectivity index (χ0v) is 13.3. The highest BCUT2D eigenvalue weighted by molar-refractivity contribution is 9.10. The van der Waals surface area contributed by atoms with Crippen LogP contribution in [0, 0.1) is 12.8 Å². The summed E-state index contributed by atoms with van der Waals surface area (Å²) in [5.74, 6) is 0.649. The van der Waals surface area contributed by atoms with Crippen LogP contribution >= 0.6 is 15.9 Å². The fraction of sp³-hybridized carbons (Fsp3) is 0.600. The molecule has 0 saturated carbocycles. The highest BCUT2D eigenvalue weighted by atomic mass is 79.9. The molecule has 0 radical (unpaired) electrons. The number of halogens is 1. The van der Waals surface area contributed by atoms with Gasteiger partial charge in [0.25, 0.3) is 0 Å². The summed E-state index contributed by atoms with van der Waals surface area (Å²) in [5.41, 5.74) is 8.60. The molecule has 4 heteroatoms. The Morgan fingerprint density at radius 3 is 2.95 bits per heavy atom. The van der Waals surface area contributed by atoms with Crippen molar-refractivity contribution in [3.8, 4) is 0 Å². The first-order valence-electron chi connectivity index (χ1n) is 6.84. The molecule has 2 atom stereocenters. The first-order valence-corrected chi connectivity index (χ1v) is 7.64. The monoisotopic (exact) mass is 326 g/mol. The lowest BCUT2D eigenvalue weighted by atomic mass is 10.0. The van der Waals surface area contributed by atoms with Gasteiger partial charge in [-0.05, 0) is 43.0 Å². The zero-order valence-electron chi connectivity index (χ0n) is 11.7. The number of nitrogens with zero attached hydrogens (tertiary/aromatic N) is 1. The maximum Gasteiger partial charge on any atom is 0.0503 e. The van der Waals surface area contributed by atoms with E-state index in [0.29, 0.717) is 18.5 Å². The molecule has 0 amide bonds. The van der Waals surface area contributed by atoms with Crippen molar-refractivity contribution in [3.05, 3.63) is 33.8 Å². The van der Waals surface area contributed by atoms with Gasteiger partial charge in [0.1, 0.15) is 0 Å². The minimum Gasteiger partial charge on any atom is -0.384 e. The molecule has 2 rings (SSSR count).